The lowest BCUT2D eigenvalue weighted by Crippen LogP contribution is -2.43. The lowest BCUT2D eigenvalue weighted by molar-refractivity contribution is -0.149. The Balaban J connectivity index is 1.80. The standard InChI is InChI=1S/C28H39FN2O6/c1-3-5-15-30-28(34)31(16-6-18-35-21-23-7-11-24(29)12-8-23)17-19-37-25-13-9-22(10-14-25)20-26(27(32)33)36-4-2/h7-14,26H,3-6,15-21H2,1-2H3,(H,30,34)(H,32,33). The van der Waals surface area contributed by atoms with Crippen LogP contribution in [0.25, 0.3) is 0 Å². The van der Waals surface area contributed by atoms with Gasteiger partial charge in [0.1, 0.15) is 18.2 Å². The number of halogens is 1. The van der Waals surface area contributed by atoms with Crippen LogP contribution in [0.1, 0.15) is 44.2 Å². The zero-order valence-electron chi connectivity index (χ0n) is 21.8. The predicted molar refractivity (Wildman–Crippen MR) is 139 cm³/mol. The number of carboxylic acid groups (broad SMARTS) is 1. The molecule has 0 aliphatic rings. The molecule has 0 bridgehead atoms. The highest BCUT2D eigenvalue weighted by Crippen LogP contribution is 2.15. The number of carbonyl (C=O) groups excluding carboxylic acids is 1. The van der Waals surface area contributed by atoms with Crippen LogP contribution in [0.4, 0.5) is 9.18 Å². The summed E-state index contributed by atoms with van der Waals surface area (Å²) in [5.41, 5.74) is 1.73. The van der Waals surface area contributed by atoms with E-state index in [9.17, 15) is 19.1 Å². The Morgan fingerprint density at radius 3 is 2.32 bits per heavy atom. The quantitative estimate of drug-likeness (QED) is 0.279. The highest BCUT2D eigenvalue weighted by molar-refractivity contribution is 5.74. The number of urea groups is 1. The van der Waals surface area contributed by atoms with Crippen molar-refractivity contribution in [3.8, 4) is 5.75 Å². The molecule has 0 saturated carbocycles. The van der Waals surface area contributed by atoms with Gasteiger partial charge in [-0.2, -0.15) is 0 Å². The van der Waals surface area contributed by atoms with Crippen molar-refractivity contribution in [1.29, 1.82) is 0 Å². The molecule has 0 aliphatic heterocycles. The molecular weight excluding hydrogens is 479 g/mol. The smallest absolute Gasteiger partial charge is 0.333 e. The van der Waals surface area contributed by atoms with Gasteiger partial charge in [0.15, 0.2) is 6.10 Å². The van der Waals surface area contributed by atoms with Crippen molar-refractivity contribution in [3.63, 3.8) is 0 Å². The van der Waals surface area contributed by atoms with Gasteiger partial charge >= 0.3 is 12.0 Å². The number of carboxylic acids is 1. The van der Waals surface area contributed by atoms with E-state index in [1.165, 1.54) is 12.1 Å². The molecule has 2 amide bonds. The summed E-state index contributed by atoms with van der Waals surface area (Å²) >= 11 is 0. The highest BCUT2D eigenvalue weighted by atomic mass is 19.1. The van der Waals surface area contributed by atoms with E-state index >= 15 is 0 Å². The van der Waals surface area contributed by atoms with Crippen LogP contribution >= 0.6 is 0 Å². The molecule has 0 fully saturated rings. The Labute approximate surface area is 218 Å². The molecule has 1 unspecified atom stereocenters. The summed E-state index contributed by atoms with van der Waals surface area (Å²) < 4.78 is 29.8. The Morgan fingerprint density at radius 1 is 0.973 bits per heavy atom. The van der Waals surface area contributed by atoms with E-state index in [0.29, 0.717) is 58.2 Å². The maximum Gasteiger partial charge on any atom is 0.333 e. The fourth-order valence-corrected chi connectivity index (χ4v) is 3.56. The number of benzene rings is 2. The molecule has 1 atom stereocenters. The number of ether oxygens (including phenoxy) is 3. The number of unbranched alkanes of at least 4 members (excludes halogenated alkanes) is 1. The van der Waals surface area contributed by atoms with Crippen molar-refractivity contribution >= 4 is 12.0 Å². The molecule has 2 aromatic rings. The first-order valence-electron chi connectivity index (χ1n) is 12.8. The number of carbonyl (C=O) groups is 2. The van der Waals surface area contributed by atoms with Gasteiger partial charge in [0.25, 0.3) is 0 Å². The van der Waals surface area contributed by atoms with Crippen LogP contribution in [-0.2, 0) is 27.3 Å². The maximum absolute atomic E-state index is 13.0. The first-order chi connectivity index (χ1) is 17.9. The Bertz CT molecular complexity index is 923. The van der Waals surface area contributed by atoms with Gasteiger partial charge in [-0.3, -0.25) is 0 Å². The summed E-state index contributed by atoms with van der Waals surface area (Å²) in [7, 11) is 0. The summed E-state index contributed by atoms with van der Waals surface area (Å²) in [6.45, 7) is 6.88. The predicted octanol–water partition coefficient (Wildman–Crippen LogP) is 4.66. The topological polar surface area (TPSA) is 97.3 Å². The van der Waals surface area contributed by atoms with E-state index in [-0.39, 0.29) is 18.3 Å². The minimum Gasteiger partial charge on any atom is -0.492 e. The third-order valence-corrected chi connectivity index (χ3v) is 5.61. The van der Waals surface area contributed by atoms with Crippen molar-refractivity contribution in [2.24, 2.45) is 0 Å². The van der Waals surface area contributed by atoms with Crippen molar-refractivity contribution in [2.75, 3.05) is 39.5 Å². The highest BCUT2D eigenvalue weighted by Gasteiger charge is 2.18. The largest absolute Gasteiger partial charge is 0.492 e. The van der Waals surface area contributed by atoms with Gasteiger partial charge in [0, 0.05) is 32.7 Å². The van der Waals surface area contributed by atoms with E-state index in [1.54, 1.807) is 36.1 Å². The van der Waals surface area contributed by atoms with Gasteiger partial charge in [-0.1, -0.05) is 37.6 Å². The number of hydrogen-bond acceptors (Lipinski definition) is 5. The maximum atomic E-state index is 13.0. The summed E-state index contributed by atoms with van der Waals surface area (Å²) in [5, 5.41) is 12.2. The van der Waals surface area contributed by atoms with Crippen molar-refractivity contribution in [1.82, 2.24) is 10.2 Å². The van der Waals surface area contributed by atoms with Gasteiger partial charge in [-0.15, -0.1) is 0 Å². The molecule has 204 valence electrons. The van der Waals surface area contributed by atoms with Crippen molar-refractivity contribution < 1.29 is 33.3 Å². The van der Waals surface area contributed by atoms with Crippen molar-refractivity contribution in [3.05, 3.63) is 65.5 Å². The van der Waals surface area contributed by atoms with E-state index in [1.807, 2.05) is 12.1 Å². The van der Waals surface area contributed by atoms with Crippen LogP contribution in [-0.4, -0.2) is 67.6 Å². The molecular formula is C28H39FN2O6. The molecule has 0 aromatic heterocycles. The van der Waals surface area contributed by atoms with Crippen LogP contribution in [0, 0.1) is 5.82 Å². The zero-order valence-corrected chi connectivity index (χ0v) is 21.8. The fraction of sp³-hybridized carbons (Fsp3) is 0.500. The van der Waals surface area contributed by atoms with E-state index in [2.05, 4.69) is 12.2 Å². The minimum atomic E-state index is -0.986. The van der Waals surface area contributed by atoms with Crippen LogP contribution in [0.3, 0.4) is 0 Å². The molecule has 2 N–H and O–H groups in total. The Hall–Kier alpha value is -3.17. The number of rotatable bonds is 18. The van der Waals surface area contributed by atoms with Gasteiger partial charge in [0.05, 0.1) is 13.2 Å². The lowest BCUT2D eigenvalue weighted by atomic mass is 10.1. The first-order valence-corrected chi connectivity index (χ1v) is 12.8. The van der Waals surface area contributed by atoms with Crippen LogP contribution < -0.4 is 10.1 Å². The molecule has 0 saturated heterocycles. The van der Waals surface area contributed by atoms with Crippen molar-refractivity contribution in [2.45, 2.75) is 52.2 Å². The molecule has 0 heterocycles. The van der Waals surface area contributed by atoms with Gasteiger partial charge in [0.2, 0.25) is 0 Å². The Kier molecular flexibility index (Phi) is 14.1. The molecule has 8 nitrogen and oxygen atoms in total. The first kappa shape index (κ1) is 30.1. The number of nitrogens with zero attached hydrogens (tertiary/aromatic N) is 1. The Morgan fingerprint density at radius 2 is 1.68 bits per heavy atom. The molecule has 0 aliphatic carbocycles. The van der Waals surface area contributed by atoms with E-state index in [4.69, 9.17) is 14.2 Å². The molecule has 0 spiro atoms. The van der Waals surface area contributed by atoms with E-state index in [0.717, 1.165) is 24.0 Å². The zero-order chi connectivity index (χ0) is 26.9. The lowest BCUT2D eigenvalue weighted by Gasteiger charge is -2.23. The minimum absolute atomic E-state index is 0.137. The summed E-state index contributed by atoms with van der Waals surface area (Å²) in [6, 6.07) is 13.3. The second kappa shape index (κ2) is 17.3. The number of hydrogen-bond donors (Lipinski definition) is 2. The number of nitrogens with one attached hydrogen (secondary N) is 1. The van der Waals surface area contributed by atoms with Gasteiger partial charge < -0.3 is 29.5 Å². The van der Waals surface area contributed by atoms with Gasteiger partial charge in [-0.05, 0) is 55.2 Å². The summed E-state index contributed by atoms with van der Waals surface area (Å²) in [4.78, 5) is 25.7. The second-order valence-electron chi connectivity index (χ2n) is 8.58. The monoisotopic (exact) mass is 518 g/mol. The SMILES string of the molecule is CCCCNC(=O)N(CCCOCc1ccc(F)cc1)CCOc1ccc(CC(OCC)C(=O)O)cc1. The average Bonchev–Trinajstić information content (AvgIpc) is 2.89. The fourth-order valence-electron chi connectivity index (χ4n) is 3.56. The average molecular weight is 519 g/mol. The molecule has 2 aromatic carbocycles. The number of amides is 2. The third-order valence-electron chi connectivity index (χ3n) is 5.61. The molecule has 0 radical (unpaired) electrons. The van der Waals surface area contributed by atoms with Crippen LogP contribution in [0.15, 0.2) is 48.5 Å². The van der Waals surface area contributed by atoms with E-state index < -0.39 is 12.1 Å². The number of aliphatic carboxylic acids is 1. The molecule has 37 heavy (non-hydrogen) atoms. The molecule has 2 rings (SSSR count). The summed E-state index contributed by atoms with van der Waals surface area (Å²) in [5.74, 6) is -0.624. The normalized spacial score (nSPS) is 11.6. The van der Waals surface area contributed by atoms with Gasteiger partial charge in [-0.25, -0.2) is 14.0 Å². The second-order valence-corrected chi connectivity index (χ2v) is 8.58. The van der Waals surface area contributed by atoms with Crippen LogP contribution in [0.5, 0.6) is 5.75 Å². The third kappa shape index (κ3) is 12.1. The molecule has 9 heteroatoms. The van der Waals surface area contributed by atoms with Crippen LogP contribution in [0.2, 0.25) is 0 Å². The summed E-state index contributed by atoms with van der Waals surface area (Å²) in [6.07, 6.45) is 1.96.